The Kier molecular flexibility index (Phi) is 6.29. The molecule has 4 aromatic rings. The first-order chi connectivity index (χ1) is 15.2. The van der Waals surface area contributed by atoms with Crippen LogP contribution in [0.25, 0.3) is 20.8 Å². The molecule has 0 aliphatic heterocycles. The first kappa shape index (κ1) is 20.6. The van der Waals surface area contributed by atoms with Gasteiger partial charge in [0, 0.05) is 5.56 Å². The third-order valence-corrected chi connectivity index (χ3v) is 5.76. The van der Waals surface area contributed by atoms with Crippen LogP contribution in [0.3, 0.4) is 0 Å². The molecule has 6 heteroatoms. The van der Waals surface area contributed by atoms with Gasteiger partial charge in [-0.05, 0) is 48.4 Å². The molecule has 31 heavy (non-hydrogen) atoms. The molecule has 3 aromatic carbocycles. The molecule has 0 fully saturated rings. The van der Waals surface area contributed by atoms with E-state index in [1.54, 1.807) is 24.5 Å². The maximum atomic E-state index is 12.6. The van der Waals surface area contributed by atoms with Gasteiger partial charge in [-0.1, -0.05) is 36.4 Å². The zero-order chi connectivity index (χ0) is 21.6. The standard InChI is InChI=1S/C25H22N2O3S/c1-3-8-17-13-14-21(22(15-17)29-2)30-16-24(28)26-19-10-5-4-9-18(19)25-27-20-11-6-7-12-23(20)31-25/h3-7,9-15H,1,8,16H2,2H3,(H,26,28). The number of hydrogen-bond donors (Lipinski definition) is 1. The number of hydrogen-bond acceptors (Lipinski definition) is 5. The molecule has 1 heterocycles. The topological polar surface area (TPSA) is 60.5 Å². The van der Waals surface area contributed by atoms with Gasteiger partial charge in [0.15, 0.2) is 18.1 Å². The van der Waals surface area contributed by atoms with Gasteiger partial charge < -0.3 is 14.8 Å². The van der Waals surface area contributed by atoms with Crippen LogP contribution in [-0.2, 0) is 11.2 Å². The molecule has 1 amide bonds. The number of allylic oxidation sites excluding steroid dienone is 1. The quantitative estimate of drug-likeness (QED) is 0.363. The molecule has 0 saturated carbocycles. The van der Waals surface area contributed by atoms with Gasteiger partial charge in [0.05, 0.1) is 23.0 Å². The summed E-state index contributed by atoms with van der Waals surface area (Å²) in [4.78, 5) is 17.3. The van der Waals surface area contributed by atoms with E-state index in [1.807, 2.05) is 66.7 Å². The van der Waals surface area contributed by atoms with Crippen molar-refractivity contribution >= 4 is 33.1 Å². The fourth-order valence-electron chi connectivity index (χ4n) is 3.22. The highest BCUT2D eigenvalue weighted by molar-refractivity contribution is 7.21. The Morgan fingerprint density at radius 2 is 1.90 bits per heavy atom. The van der Waals surface area contributed by atoms with Crippen molar-refractivity contribution in [1.82, 2.24) is 4.98 Å². The number of thiazole rings is 1. The fourth-order valence-corrected chi connectivity index (χ4v) is 4.23. The smallest absolute Gasteiger partial charge is 0.262 e. The number of anilines is 1. The monoisotopic (exact) mass is 430 g/mol. The van der Waals surface area contributed by atoms with Crippen LogP contribution in [0.5, 0.6) is 11.5 Å². The Morgan fingerprint density at radius 3 is 2.71 bits per heavy atom. The highest BCUT2D eigenvalue weighted by atomic mass is 32.1. The number of amides is 1. The van der Waals surface area contributed by atoms with E-state index in [-0.39, 0.29) is 12.5 Å². The van der Waals surface area contributed by atoms with E-state index in [0.717, 1.165) is 32.8 Å². The van der Waals surface area contributed by atoms with Crippen LogP contribution >= 0.6 is 11.3 Å². The molecule has 156 valence electrons. The number of carbonyl (C=O) groups is 1. The zero-order valence-electron chi connectivity index (χ0n) is 17.1. The third-order valence-electron chi connectivity index (χ3n) is 4.69. The van der Waals surface area contributed by atoms with Crippen LogP contribution in [0.2, 0.25) is 0 Å². The maximum Gasteiger partial charge on any atom is 0.262 e. The lowest BCUT2D eigenvalue weighted by molar-refractivity contribution is -0.118. The second-order valence-corrected chi connectivity index (χ2v) is 7.88. The number of benzene rings is 3. The van der Waals surface area contributed by atoms with Crippen LogP contribution in [0, 0.1) is 0 Å². The average Bonchev–Trinajstić information content (AvgIpc) is 3.23. The minimum Gasteiger partial charge on any atom is -0.493 e. The second kappa shape index (κ2) is 9.45. The normalized spacial score (nSPS) is 10.6. The summed E-state index contributed by atoms with van der Waals surface area (Å²) in [7, 11) is 1.58. The number of fused-ring (bicyclic) bond motifs is 1. The lowest BCUT2D eigenvalue weighted by Crippen LogP contribution is -2.20. The van der Waals surface area contributed by atoms with E-state index in [4.69, 9.17) is 14.5 Å². The molecule has 0 aliphatic carbocycles. The van der Waals surface area contributed by atoms with Crippen LogP contribution in [0.4, 0.5) is 5.69 Å². The summed E-state index contributed by atoms with van der Waals surface area (Å²) in [5.74, 6) is 0.845. The van der Waals surface area contributed by atoms with Crippen LogP contribution in [-0.4, -0.2) is 24.6 Å². The summed E-state index contributed by atoms with van der Waals surface area (Å²) < 4.78 is 12.2. The summed E-state index contributed by atoms with van der Waals surface area (Å²) in [6, 6.07) is 21.2. The van der Waals surface area contributed by atoms with Crippen molar-refractivity contribution in [1.29, 1.82) is 0 Å². The van der Waals surface area contributed by atoms with Gasteiger partial charge in [0.1, 0.15) is 5.01 Å². The second-order valence-electron chi connectivity index (χ2n) is 6.85. The predicted molar refractivity (Wildman–Crippen MR) is 126 cm³/mol. The average molecular weight is 431 g/mol. The molecule has 0 radical (unpaired) electrons. The Hall–Kier alpha value is -3.64. The molecule has 1 N–H and O–H groups in total. The van der Waals surface area contributed by atoms with Gasteiger partial charge in [-0.15, -0.1) is 17.9 Å². The van der Waals surface area contributed by atoms with E-state index >= 15 is 0 Å². The molecule has 4 rings (SSSR count). The molecule has 0 aliphatic rings. The van der Waals surface area contributed by atoms with Crippen LogP contribution in [0.1, 0.15) is 5.56 Å². The summed E-state index contributed by atoms with van der Waals surface area (Å²) in [5.41, 5.74) is 3.58. The summed E-state index contributed by atoms with van der Waals surface area (Å²) in [6.45, 7) is 3.61. The summed E-state index contributed by atoms with van der Waals surface area (Å²) >= 11 is 1.59. The van der Waals surface area contributed by atoms with Gasteiger partial charge in [-0.25, -0.2) is 4.98 Å². The number of methoxy groups -OCH3 is 1. The molecule has 0 bridgehead atoms. The molecule has 0 atom stereocenters. The highest BCUT2D eigenvalue weighted by Crippen LogP contribution is 2.34. The van der Waals surface area contributed by atoms with Gasteiger partial charge >= 0.3 is 0 Å². The number of nitrogens with zero attached hydrogens (tertiary/aromatic N) is 1. The Balaban J connectivity index is 1.48. The van der Waals surface area contributed by atoms with E-state index in [1.165, 1.54) is 0 Å². The first-order valence-corrected chi connectivity index (χ1v) is 10.6. The minimum absolute atomic E-state index is 0.134. The number of nitrogens with one attached hydrogen (secondary N) is 1. The van der Waals surface area contributed by atoms with Crippen LogP contribution in [0.15, 0.2) is 79.4 Å². The van der Waals surface area contributed by atoms with Crippen molar-refractivity contribution in [3.05, 3.63) is 84.9 Å². The van der Waals surface area contributed by atoms with E-state index in [2.05, 4.69) is 11.9 Å². The number of para-hydroxylation sites is 2. The lowest BCUT2D eigenvalue weighted by atomic mass is 10.1. The molecule has 0 unspecified atom stereocenters. The zero-order valence-corrected chi connectivity index (χ0v) is 17.9. The molecule has 1 aromatic heterocycles. The molecular weight excluding hydrogens is 408 g/mol. The Morgan fingerprint density at radius 1 is 1.10 bits per heavy atom. The van der Waals surface area contributed by atoms with Gasteiger partial charge in [0.25, 0.3) is 5.91 Å². The third kappa shape index (κ3) is 4.75. The number of ether oxygens (including phenoxy) is 2. The number of carbonyl (C=O) groups excluding carboxylic acids is 1. The molecule has 0 spiro atoms. The van der Waals surface area contributed by atoms with E-state index in [0.29, 0.717) is 17.2 Å². The number of rotatable bonds is 8. The molecular formula is C25H22N2O3S. The predicted octanol–water partition coefficient (Wildman–Crippen LogP) is 5.72. The lowest BCUT2D eigenvalue weighted by Gasteiger charge is -2.13. The van der Waals surface area contributed by atoms with E-state index < -0.39 is 0 Å². The van der Waals surface area contributed by atoms with Crippen molar-refractivity contribution in [2.75, 3.05) is 19.0 Å². The highest BCUT2D eigenvalue weighted by Gasteiger charge is 2.14. The maximum absolute atomic E-state index is 12.6. The van der Waals surface area contributed by atoms with Gasteiger partial charge in [-0.3, -0.25) is 4.79 Å². The summed E-state index contributed by atoms with van der Waals surface area (Å²) in [6.07, 6.45) is 2.56. The van der Waals surface area contributed by atoms with E-state index in [9.17, 15) is 4.79 Å². The van der Waals surface area contributed by atoms with Crippen molar-refractivity contribution < 1.29 is 14.3 Å². The first-order valence-electron chi connectivity index (χ1n) is 9.83. The Labute approximate surface area is 185 Å². The van der Waals surface area contributed by atoms with Crippen LogP contribution < -0.4 is 14.8 Å². The minimum atomic E-state index is -0.259. The van der Waals surface area contributed by atoms with Crippen molar-refractivity contribution in [2.45, 2.75) is 6.42 Å². The summed E-state index contributed by atoms with van der Waals surface area (Å²) in [5, 5.41) is 3.80. The number of aromatic nitrogens is 1. The molecule has 5 nitrogen and oxygen atoms in total. The van der Waals surface area contributed by atoms with Crippen molar-refractivity contribution in [3.8, 4) is 22.1 Å². The van der Waals surface area contributed by atoms with Crippen molar-refractivity contribution in [3.63, 3.8) is 0 Å². The van der Waals surface area contributed by atoms with Gasteiger partial charge in [-0.2, -0.15) is 0 Å². The fraction of sp³-hybridized carbons (Fsp3) is 0.120. The SMILES string of the molecule is C=CCc1ccc(OCC(=O)Nc2ccccc2-c2nc3ccccc3s2)c(OC)c1. The van der Waals surface area contributed by atoms with Crippen molar-refractivity contribution in [2.24, 2.45) is 0 Å². The Bertz CT molecular complexity index is 1200. The molecule has 0 saturated heterocycles. The van der Waals surface area contributed by atoms with Gasteiger partial charge in [0.2, 0.25) is 0 Å². The largest absolute Gasteiger partial charge is 0.493 e.